The van der Waals surface area contributed by atoms with Crippen molar-refractivity contribution >= 4 is 35.0 Å². The van der Waals surface area contributed by atoms with E-state index in [4.69, 9.17) is 21.1 Å². The zero-order chi connectivity index (χ0) is 21.5. The number of benzene rings is 2. The Morgan fingerprint density at radius 3 is 2.70 bits per heavy atom. The van der Waals surface area contributed by atoms with Crippen molar-refractivity contribution in [3.05, 3.63) is 58.6 Å². The van der Waals surface area contributed by atoms with E-state index >= 15 is 0 Å². The molecule has 7 heteroatoms. The average molecular weight is 426 g/mol. The number of para-hydroxylation sites is 1. The third-order valence-corrected chi connectivity index (χ3v) is 4.74. The fourth-order valence-corrected chi connectivity index (χ4v) is 3.32. The Labute approximate surface area is 181 Å². The van der Waals surface area contributed by atoms with Gasteiger partial charge in [-0.3, -0.25) is 4.79 Å². The first kappa shape index (κ1) is 21.7. The van der Waals surface area contributed by atoms with Crippen LogP contribution in [-0.4, -0.2) is 38.3 Å². The van der Waals surface area contributed by atoms with Crippen molar-refractivity contribution in [3.8, 4) is 11.8 Å². The number of nitriles is 1. The van der Waals surface area contributed by atoms with Crippen molar-refractivity contribution in [1.82, 2.24) is 0 Å². The third-order valence-electron chi connectivity index (χ3n) is 4.51. The fraction of sp³-hybridized carbons (Fsp3) is 0.304. The van der Waals surface area contributed by atoms with Crippen LogP contribution in [0.4, 0.5) is 11.4 Å². The molecule has 2 aromatic rings. The first-order valence-corrected chi connectivity index (χ1v) is 10.2. The van der Waals surface area contributed by atoms with E-state index in [-0.39, 0.29) is 11.7 Å². The van der Waals surface area contributed by atoms with Crippen molar-refractivity contribution in [2.24, 2.45) is 0 Å². The lowest BCUT2D eigenvalue weighted by Gasteiger charge is -2.30. The van der Waals surface area contributed by atoms with Crippen molar-refractivity contribution in [3.63, 3.8) is 0 Å². The summed E-state index contributed by atoms with van der Waals surface area (Å²) in [6.45, 7) is 6.50. The van der Waals surface area contributed by atoms with Crippen LogP contribution in [0.2, 0.25) is 5.02 Å². The number of nitrogens with zero attached hydrogens (tertiary/aromatic N) is 2. The number of hydrogen-bond donors (Lipinski definition) is 1. The first-order valence-electron chi connectivity index (χ1n) is 9.79. The molecular formula is C23H24ClN3O3. The maximum absolute atomic E-state index is 12.9. The minimum Gasteiger partial charge on any atom is -0.490 e. The van der Waals surface area contributed by atoms with Crippen LogP contribution in [0.25, 0.3) is 6.08 Å². The molecule has 0 spiro atoms. The zero-order valence-electron chi connectivity index (χ0n) is 17.0. The highest BCUT2D eigenvalue weighted by Gasteiger charge is 2.18. The van der Waals surface area contributed by atoms with Gasteiger partial charge in [0, 0.05) is 23.7 Å². The van der Waals surface area contributed by atoms with Crippen molar-refractivity contribution in [1.29, 1.82) is 5.26 Å². The number of halogens is 1. The molecule has 0 unspecified atom stereocenters. The molecule has 1 N–H and O–H groups in total. The highest BCUT2D eigenvalue weighted by molar-refractivity contribution is 6.31. The zero-order valence-corrected chi connectivity index (χ0v) is 17.8. The minimum absolute atomic E-state index is 0.0253. The number of morpholine rings is 1. The van der Waals surface area contributed by atoms with Gasteiger partial charge in [0.1, 0.15) is 17.4 Å². The van der Waals surface area contributed by atoms with Gasteiger partial charge in [0.15, 0.2) is 0 Å². The molecule has 1 saturated heterocycles. The van der Waals surface area contributed by atoms with E-state index in [1.807, 2.05) is 44.2 Å². The van der Waals surface area contributed by atoms with Gasteiger partial charge in [-0.05, 0) is 44.2 Å². The maximum atomic E-state index is 12.9. The molecule has 1 amide bonds. The summed E-state index contributed by atoms with van der Waals surface area (Å²) in [4.78, 5) is 15.0. The van der Waals surface area contributed by atoms with Gasteiger partial charge in [0.25, 0.3) is 5.91 Å². The van der Waals surface area contributed by atoms with Crippen molar-refractivity contribution in [2.45, 2.75) is 20.0 Å². The van der Waals surface area contributed by atoms with E-state index in [0.29, 0.717) is 48.3 Å². The van der Waals surface area contributed by atoms with E-state index in [1.54, 1.807) is 18.2 Å². The van der Waals surface area contributed by atoms with Gasteiger partial charge in [0.2, 0.25) is 0 Å². The lowest BCUT2D eigenvalue weighted by molar-refractivity contribution is -0.112. The predicted octanol–water partition coefficient (Wildman–Crippen LogP) is 4.51. The summed E-state index contributed by atoms with van der Waals surface area (Å²) in [6.07, 6.45) is 1.51. The second kappa shape index (κ2) is 10.1. The average Bonchev–Trinajstić information content (AvgIpc) is 2.73. The molecular weight excluding hydrogens is 402 g/mol. The highest BCUT2D eigenvalue weighted by Crippen LogP contribution is 2.30. The van der Waals surface area contributed by atoms with Crippen LogP contribution in [0.5, 0.6) is 5.75 Å². The molecule has 3 rings (SSSR count). The number of hydrogen-bond acceptors (Lipinski definition) is 5. The molecule has 0 atom stereocenters. The molecule has 0 saturated carbocycles. The second-order valence-corrected chi connectivity index (χ2v) is 7.53. The van der Waals surface area contributed by atoms with Crippen LogP contribution < -0.4 is 15.0 Å². The van der Waals surface area contributed by atoms with E-state index in [0.717, 1.165) is 5.69 Å². The Hall–Kier alpha value is -3.01. The highest BCUT2D eigenvalue weighted by atomic mass is 35.5. The third kappa shape index (κ3) is 5.53. The lowest BCUT2D eigenvalue weighted by atomic mass is 10.1. The lowest BCUT2D eigenvalue weighted by Crippen LogP contribution is -2.36. The molecule has 0 aliphatic carbocycles. The molecule has 1 aliphatic heterocycles. The molecule has 1 heterocycles. The van der Waals surface area contributed by atoms with Gasteiger partial charge in [-0.25, -0.2) is 0 Å². The summed E-state index contributed by atoms with van der Waals surface area (Å²) in [5, 5.41) is 13.0. The predicted molar refractivity (Wildman–Crippen MR) is 119 cm³/mol. The number of amides is 1. The van der Waals surface area contributed by atoms with Gasteiger partial charge in [-0.2, -0.15) is 5.26 Å². The molecule has 1 fully saturated rings. The Balaban J connectivity index is 1.87. The molecule has 0 bridgehead atoms. The quantitative estimate of drug-likeness (QED) is 0.544. The van der Waals surface area contributed by atoms with Crippen LogP contribution in [0.15, 0.2) is 48.0 Å². The summed E-state index contributed by atoms with van der Waals surface area (Å²) >= 11 is 6.16. The van der Waals surface area contributed by atoms with Crippen LogP contribution >= 0.6 is 11.6 Å². The standard InChI is InChI=1S/C23H24ClN3O3/c1-16(2)30-22-6-4-3-5-17(22)13-18(15-25)23(28)26-20-14-19(24)7-8-21(20)27-9-11-29-12-10-27/h3-8,13-14,16H,9-12H2,1-2H3,(H,26,28). The summed E-state index contributed by atoms with van der Waals surface area (Å²) in [5.41, 5.74) is 2.04. The Bertz CT molecular complexity index is 976. The SMILES string of the molecule is CC(C)Oc1ccccc1C=C(C#N)C(=O)Nc1cc(Cl)ccc1N1CCOCC1. The van der Waals surface area contributed by atoms with Crippen LogP contribution in [0, 0.1) is 11.3 Å². The maximum Gasteiger partial charge on any atom is 0.266 e. The number of carbonyl (C=O) groups is 1. The van der Waals surface area contributed by atoms with Crippen LogP contribution in [0.3, 0.4) is 0 Å². The van der Waals surface area contributed by atoms with Crippen molar-refractivity contribution < 1.29 is 14.3 Å². The van der Waals surface area contributed by atoms with E-state index in [1.165, 1.54) is 6.08 Å². The Kier molecular flexibility index (Phi) is 7.34. The van der Waals surface area contributed by atoms with Gasteiger partial charge in [0.05, 0.1) is 30.7 Å². The van der Waals surface area contributed by atoms with Gasteiger partial charge in [-0.1, -0.05) is 29.8 Å². The summed E-state index contributed by atoms with van der Waals surface area (Å²) in [7, 11) is 0. The van der Waals surface area contributed by atoms with Gasteiger partial charge >= 0.3 is 0 Å². The molecule has 30 heavy (non-hydrogen) atoms. The van der Waals surface area contributed by atoms with Crippen LogP contribution in [-0.2, 0) is 9.53 Å². The topological polar surface area (TPSA) is 74.6 Å². The minimum atomic E-state index is -0.506. The Morgan fingerprint density at radius 2 is 2.00 bits per heavy atom. The largest absolute Gasteiger partial charge is 0.490 e. The second-order valence-electron chi connectivity index (χ2n) is 7.09. The van der Waals surface area contributed by atoms with E-state index in [2.05, 4.69) is 10.2 Å². The van der Waals surface area contributed by atoms with E-state index in [9.17, 15) is 10.1 Å². The molecule has 0 aromatic heterocycles. The molecule has 1 aliphatic rings. The number of anilines is 2. The molecule has 6 nitrogen and oxygen atoms in total. The molecule has 156 valence electrons. The fourth-order valence-electron chi connectivity index (χ4n) is 3.14. The molecule has 0 radical (unpaired) electrons. The summed E-state index contributed by atoms with van der Waals surface area (Å²) < 4.78 is 11.2. The monoisotopic (exact) mass is 425 g/mol. The van der Waals surface area contributed by atoms with E-state index < -0.39 is 5.91 Å². The summed E-state index contributed by atoms with van der Waals surface area (Å²) in [5.74, 6) is 0.110. The van der Waals surface area contributed by atoms with Crippen LogP contribution in [0.1, 0.15) is 19.4 Å². The van der Waals surface area contributed by atoms with Gasteiger partial charge in [-0.15, -0.1) is 0 Å². The number of carbonyl (C=O) groups excluding carboxylic acids is 1. The smallest absolute Gasteiger partial charge is 0.266 e. The number of ether oxygens (including phenoxy) is 2. The number of nitrogens with one attached hydrogen (secondary N) is 1. The first-order chi connectivity index (χ1) is 14.5. The Morgan fingerprint density at radius 1 is 1.27 bits per heavy atom. The number of rotatable bonds is 6. The normalized spacial score (nSPS) is 14.4. The van der Waals surface area contributed by atoms with Crippen molar-refractivity contribution in [2.75, 3.05) is 36.5 Å². The van der Waals surface area contributed by atoms with Gasteiger partial charge < -0.3 is 19.7 Å². The molecule has 2 aromatic carbocycles. The summed E-state index contributed by atoms with van der Waals surface area (Å²) in [6, 6.07) is 14.6.